The van der Waals surface area contributed by atoms with Crippen LogP contribution in [0.15, 0.2) is 6.20 Å². The SMILES string of the molecule is Cc1cn(C)c(NCCCC(F)(F)F)n1. The number of alkyl halides is 3. The molecule has 1 rings (SSSR count). The maximum Gasteiger partial charge on any atom is 0.389 e. The van der Waals surface area contributed by atoms with Crippen LogP contribution in [0.1, 0.15) is 18.5 Å². The van der Waals surface area contributed by atoms with Gasteiger partial charge >= 0.3 is 6.18 Å². The van der Waals surface area contributed by atoms with Crippen LogP contribution in [0.4, 0.5) is 19.1 Å². The van der Waals surface area contributed by atoms with Crippen LogP contribution in [0.5, 0.6) is 0 Å². The van der Waals surface area contributed by atoms with Crippen LogP contribution in [0.3, 0.4) is 0 Å². The maximum absolute atomic E-state index is 11.8. The number of aromatic nitrogens is 2. The molecule has 1 N–H and O–H groups in total. The smallest absolute Gasteiger partial charge is 0.356 e. The number of nitrogens with one attached hydrogen (secondary N) is 1. The summed E-state index contributed by atoms with van der Waals surface area (Å²) in [7, 11) is 1.80. The summed E-state index contributed by atoms with van der Waals surface area (Å²) in [6.45, 7) is 2.12. The van der Waals surface area contributed by atoms with E-state index in [1.165, 1.54) is 0 Å². The van der Waals surface area contributed by atoms with Gasteiger partial charge in [0, 0.05) is 26.2 Å². The molecule has 1 heterocycles. The summed E-state index contributed by atoms with van der Waals surface area (Å²) in [5.74, 6) is 0.606. The second-order valence-electron chi connectivity index (χ2n) is 3.46. The largest absolute Gasteiger partial charge is 0.389 e. The molecule has 0 saturated carbocycles. The Balaban J connectivity index is 2.29. The Labute approximate surface area is 86.3 Å². The number of rotatable bonds is 4. The maximum atomic E-state index is 11.8. The summed E-state index contributed by atoms with van der Waals surface area (Å²) in [4.78, 5) is 4.11. The highest BCUT2D eigenvalue weighted by Gasteiger charge is 2.25. The highest BCUT2D eigenvalue weighted by molar-refractivity contribution is 5.27. The molecular formula is C9H14F3N3. The van der Waals surface area contributed by atoms with Crippen LogP contribution in [0, 0.1) is 6.92 Å². The fourth-order valence-electron chi connectivity index (χ4n) is 1.27. The molecule has 6 heteroatoms. The Kier molecular flexibility index (Phi) is 3.60. The molecule has 1 aromatic rings. The highest BCUT2D eigenvalue weighted by atomic mass is 19.4. The topological polar surface area (TPSA) is 29.9 Å². The minimum absolute atomic E-state index is 0.0649. The van der Waals surface area contributed by atoms with Gasteiger partial charge in [-0.3, -0.25) is 0 Å². The van der Waals surface area contributed by atoms with E-state index < -0.39 is 12.6 Å². The van der Waals surface area contributed by atoms with E-state index in [1.54, 1.807) is 11.6 Å². The summed E-state index contributed by atoms with van der Waals surface area (Å²) in [6, 6.07) is 0. The zero-order chi connectivity index (χ0) is 11.5. The molecule has 0 aliphatic heterocycles. The standard InChI is InChI=1S/C9H14F3N3/c1-7-6-15(2)8(14-7)13-5-3-4-9(10,11)12/h6H,3-5H2,1-2H3,(H,13,14). The van der Waals surface area contributed by atoms with E-state index in [1.807, 2.05) is 13.1 Å². The quantitative estimate of drug-likeness (QED) is 0.791. The van der Waals surface area contributed by atoms with Crippen molar-refractivity contribution >= 4 is 5.95 Å². The predicted molar refractivity (Wildman–Crippen MR) is 51.7 cm³/mol. The third kappa shape index (κ3) is 4.22. The van der Waals surface area contributed by atoms with Crippen LogP contribution in [-0.2, 0) is 7.05 Å². The Bertz CT molecular complexity index is 317. The first kappa shape index (κ1) is 11.9. The van der Waals surface area contributed by atoms with E-state index in [0.717, 1.165) is 5.69 Å². The molecule has 0 radical (unpaired) electrons. The van der Waals surface area contributed by atoms with E-state index in [9.17, 15) is 13.2 Å². The van der Waals surface area contributed by atoms with Gasteiger partial charge in [-0.2, -0.15) is 13.2 Å². The van der Waals surface area contributed by atoms with Gasteiger partial charge in [0.05, 0.1) is 5.69 Å². The fourth-order valence-corrected chi connectivity index (χ4v) is 1.27. The van der Waals surface area contributed by atoms with E-state index in [2.05, 4.69) is 10.3 Å². The number of halogens is 3. The summed E-state index contributed by atoms with van der Waals surface area (Å²) >= 11 is 0. The third-order valence-electron chi connectivity index (χ3n) is 1.92. The van der Waals surface area contributed by atoms with Gasteiger partial charge in [-0.15, -0.1) is 0 Å². The fraction of sp³-hybridized carbons (Fsp3) is 0.667. The Morgan fingerprint density at radius 3 is 2.60 bits per heavy atom. The highest BCUT2D eigenvalue weighted by Crippen LogP contribution is 2.21. The molecule has 0 unspecified atom stereocenters. The first-order valence-corrected chi connectivity index (χ1v) is 4.69. The molecular weight excluding hydrogens is 207 g/mol. The van der Waals surface area contributed by atoms with Crippen molar-refractivity contribution in [1.82, 2.24) is 9.55 Å². The van der Waals surface area contributed by atoms with Gasteiger partial charge in [-0.05, 0) is 13.3 Å². The van der Waals surface area contributed by atoms with E-state index in [-0.39, 0.29) is 13.0 Å². The zero-order valence-corrected chi connectivity index (χ0v) is 8.73. The Morgan fingerprint density at radius 2 is 2.13 bits per heavy atom. The average Bonchev–Trinajstić information content (AvgIpc) is 2.37. The van der Waals surface area contributed by atoms with Gasteiger partial charge < -0.3 is 9.88 Å². The van der Waals surface area contributed by atoms with Crippen molar-refractivity contribution in [1.29, 1.82) is 0 Å². The lowest BCUT2D eigenvalue weighted by atomic mass is 10.3. The molecule has 0 aromatic carbocycles. The lowest BCUT2D eigenvalue weighted by Crippen LogP contribution is -2.12. The third-order valence-corrected chi connectivity index (χ3v) is 1.92. The number of aryl methyl sites for hydroxylation is 2. The average molecular weight is 221 g/mol. The number of imidazole rings is 1. The van der Waals surface area contributed by atoms with E-state index in [4.69, 9.17) is 0 Å². The summed E-state index contributed by atoms with van der Waals surface area (Å²) in [5.41, 5.74) is 0.843. The molecule has 0 saturated heterocycles. The van der Waals surface area contributed by atoms with Crippen molar-refractivity contribution < 1.29 is 13.2 Å². The summed E-state index contributed by atoms with van der Waals surface area (Å²) in [6.07, 6.45) is -2.95. The van der Waals surface area contributed by atoms with Crippen molar-refractivity contribution in [3.05, 3.63) is 11.9 Å². The van der Waals surface area contributed by atoms with Crippen LogP contribution in [0.25, 0.3) is 0 Å². The van der Waals surface area contributed by atoms with Gasteiger partial charge in [0.2, 0.25) is 5.95 Å². The molecule has 0 spiro atoms. The molecule has 0 bridgehead atoms. The lowest BCUT2D eigenvalue weighted by Gasteiger charge is -2.07. The van der Waals surface area contributed by atoms with Gasteiger partial charge in [-0.1, -0.05) is 0 Å². The second kappa shape index (κ2) is 4.55. The number of hydrogen-bond donors (Lipinski definition) is 1. The first-order chi connectivity index (χ1) is 6.88. The van der Waals surface area contributed by atoms with Crippen LogP contribution >= 0.6 is 0 Å². The first-order valence-electron chi connectivity index (χ1n) is 4.69. The van der Waals surface area contributed by atoms with Crippen molar-refractivity contribution in [2.24, 2.45) is 7.05 Å². The zero-order valence-electron chi connectivity index (χ0n) is 8.73. The van der Waals surface area contributed by atoms with Gasteiger partial charge in [-0.25, -0.2) is 4.98 Å². The second-order valence-corrected chi connectivity index (χ2v) is 3.46. The predicted octanol–water partition coefficient (Wildman–Crippen LogP) is 2.48. The monoisotopic (exact) mass is 221 g/mol. The normalized spacial score (nSPS) is 11.8. The molecule has 3 nitrogen and oxygen atoms in total. The van der Waals surface area contributed by atoms with Crippen molar-refractivity contribution in [2.75, 3.05) is 11.9 Å². The van der Waals surface area contributed by atoms with Crippen molar-refractivity contribution in [3.8, 4) is 0 Å². The molecule has 1 aromatic heterocycles. The van der Waals surface area contributed by atoms with E-state index >= 15 is 0 Å². The van der Waals surface area contributed by atoms with Crippen molar-refractivity contribution in [3.63, 3.8) is 0 Å². The minimum atomic E-state index is -4.07. The molecule has 0 fully saturated rings. The van der Waals surface area contributed by atoms with Crippen LogP contribution in [-0.4, -0.2) is 22.3 Å². The van der Waals surface area contributed by atoms with Gasteiger partial charge in [0.25, 0.3) is 0 Å². The summed E-state index contributed by atoms with van der Waals surface area (Å²) in [5, 5.41) is 2.86. The van der Waals surface area contributed by atoms with Crippen LogP contribution in [0.2, 0.25) is 0 Å². The molecule has 0 aliphatic carbocycles. The number of anilines is 1. The molecule has 86 valence electrons. The molecule has 0 amide bonds. The molecule has 15 heavy (non-hydrogen) atoms. The van der Waals surface area contributed by atoms with Crippen molar-refractivity contribution in [2.45, 2.75) is 25.9 Å². The minimum Gasteiger partial charge on any atom is -0.356 e. The Hall–Kier alpha value is -1.20. The number of nitrogens with zero attached hydrogens (tertiary/aromatic N) is 2. The summed E-state index contributed by atoms with van der Waals surface area (Å²) < 4.78 is 37.2. The van der Waals surface area contributed by atoms with E-state index in [0.29, 0.717) is 5.95 Å². The van der Waals surface area contributed by atoms with Crippen LogP contribution < -0.4 is 5.32 Å². The molecule has 0 aliphatic rings. The molecule has 0 atom stereocenters. The van der Waals surface area contributed by atoms with Gasteiger partial charge in [0.15, 0.2) is 0 Å². The number of hydrogen-bond acceptors (Lipinski definition) is 2. The Morgan fingerprint density at radius 1 is 1.47 bits per heavy atom. The van der Waals surface area contributed by atoms with Gasteiger partial charge in [0.1, 0.15) is 0 Å². The lowest BCUT2D eigenvalue weighted by molar-refractivity contribution is -0.134.